The van der Waals surface area contributed by atoms with Crippen LogP contribution in [0.15, 0.2) is 24.3 Å². The summed E-state index contributed by atoms with van der Waals surface area (Å²) in [7, 11) is 0. The average molecular weight is 217 g/mol. The number of cyclic esters (lactones) is 1. The van der Waals surface area contributed by atoms with Crippen molar-refractivity contribution in [1.29, 1.82) is 0 Å². The molecule has 0 aromatic heterocycles. The molecule has 0 amide bonds. The van der Waals surface area contributed by atoms with Crippen LogP contribution >= 0.6 is 0 Å². The third kappa shape index (κ3) is 1.47. The summed E-state index contributed by atoms with van der Waals surface area (Å²) in [5, 5.41) is 0. The predicted octanol–water partition coefficient (Wildman–Crippen LogP) is 1.75. The monoisotopic (exact) mass is 217 g/mol. The molecular formula is C13H15NO2. The van der Waals surface area contributed by atoms with E-state index in [-0.39, 0.29) is 12.0 Å². The van der Waals surface area contributed by atoms with E-state index in [2.05, 4.69) is 23.1 Å². The van der Waals surface area contributed by atoms with Crippen LogP contribution in [0.2, 0.25) is 0 Å². The number of carbonyl (C=O) groups is 1. The van der Waals surface area contributed by atoms with E-state index in [1.165, 1.54) is 11.3 Å². The summed E-state index contributed by atoms with van der Waals surface area (Å²) in [4.78, 5) is 13.8. The molecule has 1 atom stereocenters. The predicted molar refractivity (Wildman–Crippen MR) is 61.5 cm³/mol. The van der Waals surface area contributed by atoms with Gasteiger partial charge >= 0.3 is 5.97 Å². The summed E-state index contributed by atoms with van der Waals surface area (Å²) in [6.45, 7) is 1.54. The van der Waals surface area contributed by atoms with E-state index in [9.17, 15) is 4.79 Å². The Bertz CT molecular complexity index is 416. The lowest BCUT2D eigenvalue weighted by Gasteiger charge is -2.34. The van der Waals surface area contributed by atoms with E-state index in [0.717, 1.165) is 25.8 Å². The summed E-state index contributed by atoms with van der Waals surface area (Å²) in [5.41, 5.74) is 2.58. The number of nitrogens with zero attached hydrogens (tertiary/aromatic N) is 1. The van der Waals surface area contributed by atoms with Crippen molar-refractivity contribution in [2.75, 3.05) is 18.1 Å². The van der Waals surface area contributed by atoms with Gasteiger partial charge in [-0.3, -0.25) is 0 Å². The van der Waals surface area contributed by atoms with E-state index < -0.39 is 0 Å². The van der Waals surface area contributed by atoms with Crippen molar-refractivity contribution in [3.05, 3.63) is 29.8 Å². The maximum Gasteiger partial charge on any atom is 0.328 e. The highest BCUT2D eigenvalue weighted by Crippen LogP contribution is 2.30. The number of aryl methyl sites for hydroxylation is 1. The molecule has 16 heavy (non-hydrogen) atoms. The lowest BCUT2D eigenvalue weighted by Crippen LogP contribution is -2.41. The normalized spacial score (nSPS) is 24.1. The van der Waals surface area contributed by atoms with Crippen molar-refractivity contribution in [2.24, 2.45) is 0 Å². The van der Waals surface area contributed by atoms with Crippen LogP contribution in [0.4, 0.5) is 5.69 Å². The molecule has 0 saturated carbocycles. The third-order valence-electron chi connectivity index (χ3n) is 3.43. The molecule has 0 bridgehead atoms. The smallest absolute Gasteiger partial charge is 0.328 e. The van der Waals surface area contributed by atoms with Crippen molar-refractivity contribution >= 4 is 11.7 Å². The van der Waals surface area contributed by atoms with Crippen LogP contribution in [-0.2, 0) is 16.0 Å². The van der Waals surface area contributed by atoms with E-state index in [4.69, 9.17) is 4.74 Å². The van der Waals surface area contributed by atoms with Gasteiger partial charge in [-0.1, -0.05) is 18.2 Å². The van der Waals surface area contributed by atoms with Crippen LogP contribution in [0.1, 0.15) is 18.4 Å². The van der Waals surface area contributed by atoms with E-state index in [0.29, 0.717) is 6.61 Å². The molecule has 2 aliphatic rings. The van der Waals surface area contributed by atoms with Crippen molar-refractivity contribution in [3.8, 4) is 0 Å². The molecule has 3 nitrogen and oxygen atoms in total. The third-order valence-corrected chi connectivity index (χ3v) is 3.43. The Labute approximate surface area is 95.0 Å². The largest absolute Gasteiger partial charge is 0.464 e. The summed E-state index contributed by atoms with van der Waals surface area (Å²) >= 11 is 0. The van der Waals surface area contributed by atoms with Crippen LogP contribution < -0.4 is 4.90 Å². The van der Waals surface area contributed by atoms with Gasteiger partial charge < -0.3 is 9.64 Å². The fourth-order valence-electron chi connectivity index (χ4n) is 2.65. The van der Waals surface area contributed by atoms with Crippen LogP contribution in [0.3, 0.4) is 0 Å². The molecule has 1 aromatic carbocycles. The molecule has 1 fully saturated rings. The topological polar surface area (TPSA) is 29.5 Å². The molecule has 1 saturated heterocycles. The number of ether oxygens (including phenoxy) is 1. The molecular weight excluding hydrogens is 202 g/mol. The standard InChI is InChI=1S/C13H15NO2/c15-13-12(7-9-16-13)14-8-3-5-10-4-1-2-6-11(10)14/h1-2,4,6,12H,3,5,7-9H2. The number of hydrogen-bond donors (Lipinski definition) is 0. The molecule has 84 valence electrons. The fourth-order valence-corrected chi connectivity index (χ4v) is 2.65. The van der Waals surface area contributed by atoms with Crippen LogP contribution in [-0.4, -0.2) is 25.2 Å². The molecule has 2 aliphatic heterocycles. The Morgan fingerprint density at radius 1 is 1.31 bits per heavy atom. The minimum absolute atomic E-state index is 0.0542. The van der Waals surface area contributed by atoms with Gasteiger partial charge in [0.05, 0.1) is 6.61 Å². The second-order valence-corrected chi connectivity index (χ2v) is 4.40. The first-order valence-corrected chi connectivity index (χ1v) is 5.87. The highest BCUT2D eigenvalue weighted by atomic mass is 16.5. The number of fused-ring (bicyclic) bond motifs is 1. The highest BCUT2D eigenvalue weighted by Gasteiger charge is 2.34. The van der Waals surface area contributed by atoms with Gasteiger partial charge in [-0.15, -0.1) is 0 Å². The maximum atomic E-state index is 11.6. The Morgan fingerprint density at radius 2 is 2.19 bits per heavy atom. The van der Waals surface area contributed by atoms with E-state index in [1.807, 2.05) is 6.07 Å². The van der Waals surface area contributed by atoms with Gasteiger partial charge in [0.2, 0.25) is 0 Å². The van der Waals surface area contributed by atoms with Crippen LogP contribution in [0.25, 0.3) is 0 Å². The zero-order valence-corrected chi connectivity index (χ0v) is 9.19. The lowest BCUT2D eigenvalue weighted by molar-refractivity contribution is -0.139. The molecule has 3 rings (SSSR count). The van der Waals surface area contributed by atoms with Gasteiger partial charge in [-0.05, 0) is 24.5 Å². The van der Waals surface area contributed by atoms with Gasteiger partial charge in [0.15, 0.2) is 0 Å². The summed E-state index contributed by atoms with van der Waals surface area (Å²) in [6.07, 6.45) is 3.07. The van der Waals surface area contributed by atoms with Crippen LogP contribution in [0, 0.1) is 0 Å². The molecule has 0 aliphatic carbocycles. The summed E-state index contributed by atoms with van der Waals surface area (Å²) in [5.74, 6) is -0.0586. The molecule has 1 aromatic rings. The van der Waals surface area contributed by atoms with Crippen molar-refractivity contribution in [2.45, 2.75) is 25.3 Å². The van der Waals surface area contributed by atoms with Gasteiger partial charge in [-0.25, -0.2) is 4.79 Å². The van der Waals surface area contributed by atoms with E-state index in [1.54, 1.807) is 0 Å². The second kappa shape index (κ2) is 3.81. The van der Waals surface area contributed by atoms with Gasteiger partial charge in [0.1, 0.15) is 6.04 Å². The number of para-hydroxylation sites is 1. The van der Waals surface area contributed by atoms with Gasteiger partial charge in [-0.2, -0.15) is 0 Å². The van der Waals surface area contributed by atoms with Crippen molar-refractivity contribution in [3.63, 3.8) is 0 Å². The highest BCUT2D eigenvalue weighted by molar-refractivity contribution is 5.82. The first kappa shape index (κ1) is 9.70. The molecule has 0 radical (unpaired) electrons. The molecule has 0 spiro atoms. The number of benzene rings is 1. The summed E-state index contributed by atoms with van der Waals surface area (Å²) in [6, 6.07) is 8.32. The average Bonchev–Trinajstić information content (AvgIpc) is 2.75. The molecule has 0 N–H and O–H groups in total. The van der Waals surface area contributed by atoms with Crippen LogP contribution in [0.5, 0.6) is 0 Å². The number of rotatable bonds is 1. The minimum Gasteiger partial charge on any atom is -0.464 e. The lowest BCUT2D eigenvalue weighted by atomic mass is 9.99. The zero-order valence-electron chi connectivity index (χ0n) is 9.19. The Morgan fingerprint density at radius 3 is 3.00 bits per heavy atom. The summed E-state index contributed by atoms with van der Waals surface area (Å²) < 4.78 is 5.05. The minimum atomic E-state index is -0.0586. The Hall–Kier alpha value is -1.51. The van der Waals surface area contributed by atoms with Crippen molar-refractivity contribution < 1.29 is 9.53 Å². The molecule has 2 heterocycles. The van der Waals surface area contributed by atoms with Gasteiger partial charge in [0, 0.05) is 18.7 Å². The van der Waals surface area contributed by atoms with Crippen molar-refractivity contribution in [1.82, 2.24) is 0 Å². The first-order chi connectivity index (χ1) is 7.86. The first-order valence-electron chi connectivity index (χ1n) is 5.87. The molecule has 1 unspecified atom stereocenters. The quantitative estimate of drug-likeness (QED) is 0.671. The van der Waals surface area contributed by atoms with E-state index >= 15 is 0 Å². The Kier molecular flexibility index (Phi) is 2.31. The SMILES string of the molecule is O=C1OCCC1N1CCCc2ccccc21. The molecule has 3 heteroatoms. The number of esters is 1. The number of carbonyl (C=O) groups excluding carboxylic acids is 1. The second-order valence-electron chi connectivity index (χ2n) is 4.40. The number of hydrogen-bond acceptors (Lipinski definition) is 3. The van der Waals surface area contributed by atoms with Gasteiger partial charge in [0.25, 0.3) is 0 Å². The Balaban J connectivity index is 1.95. The maximum absolute atomic E-state index is 11.6. The zero-order chi connectivity index (χ0) is 11.0. The number of anilines is 1. The fraction of sp³-hybridized carbons (Fsp3) is 0.462.